The Kier molecular flexibility index (Phi) is 5.33. The Bertz CT molecular complexity index is 470. The third-order valence-electron chi connectivity index (χ3n) is 4.00. The van der Waals surface area contributed by atoms with Crippen LogP contribution >= 0.6 is 0 Å². The fourth-order valence-corrected chi connectivity index (χ4v) is 2.67. The van der Waals surface area contributed by atoms with Gasteiger partial charge in [-0.2, -0.15) is 5.10 Å². The monoisotopic (exact) mass is 272 g/mol. The number of rotatable bonds is 4. The summed E-state index contributed by atoms with van der Waals surface area (Å²) in [4.78, 5) is 12.1. The van der Waals surface area contributed by atoms with E-state index >= 15 is 0 Å². The Hall–Kier alpha value is -1.64. The Morgan fingerprint density at radius 2 is 1.85 bits per heavy atom. The van der Waals surface area contributed by atoms with Gasteiger partial charge >= 0.3 is 0 Å². The first-order valence-corrected chi connectivity index (χ1v) is 7.64. The zero-order chi connectivity index (χ0) is 14.4. The van der Waals surface area contributed by atoms with Crippen LogP contribution in [0.5, 0.6) is 0 Å². The summed E-state index contributed by atoms with van der Waals surface area (Å²) in [5.41, 5.74) is 6.02. The fourth-order valence-electron chi connectivity index (χ4n) is 2.67. The molecule has 2 rings (SSSR count). The molecule has 1 amide bonds. The van der Waals surface area contributed by atoms with Crippen LogP contribution in [0.3, 0.4) is 0 Å². The van der Waals surface area contributed by atoms with E-state index < -0.39 is 0 Å². The second-order valence-electron chi connectivity index (χ2n) is 5.59. The third kappa shape index (κ3) is 3.92. The van der Waals surface area contributed by atoms with E-state index in [1.807, 2.05) is 0 Å². The molecule has 0 unspecified atom stereocenters. The summed E-state index contributed by atoms with van der Waals surface area (Å²) in [6.07, 6.45) is 6.42. The topological polar surface area (TPSA) is 41.5 Å². The molecule has 0 radical (unpaired) electrons. The van der Waals surface area contributed by atoms with E-state index in [0.29, 0.717) is 0 Å². The lowest BCUT2D eigenvalue weighted by atomic mass is 9.89. The Labute approximate surface area is 121 Å². The predicted molar refractivity (Wildman–Crippen MR) is 82.7 cm³/mol. The molecule has 1 aliphatic carbocycles. The third-order valence-corrected chi connectivity index (χ3v) is 4.00. The lowest BCUT2D eigenvalue weighted by Crippen LogP contribution is -2.29. The van der Waals surface area contributed by atoms with Gasteiger partial charge in [-0.1, -0.05) is 56.0 Å². The maximum absolute atomic E-state index is 12.1. The zero-order valence-electron chi connectivity index (χ0n) is 12.5. The molecule has 1 saturated carbocycles. The highest BCUT2D eigenvalue weighted by Gasteiger charge is 2.20. The van der Waals surface area contributed by atoms with E-state index in [2.05, 4.69) is 48.6 Å². The molecule has 1 aromatic carbocycles. The van der Waals surface area contributed by atoms with Gasteiger partial charge in [0.25, 0.3) is 0 Å². The molecule has 108 valence electrons. The first-order valence-electron chi connectivity index (χ1n) is 7.64. The van der Waals surface area contributed by atoms with E-state index in [0.717, 1.165) is 30.5 Å². The normalized spacial score (nSPS) is 17.0. The van der Waals surface area contributed by atoms with Gasteiger partial charge in [0.15, 0.2) is 0 Å². The first-order chi connectivity index (χ1) is 9.70. The Balaban J connectivity index is 2.00. The summed E-state index contributed by atoms with van der Waals surface area (Å²) in [7, 11) is 0. The van der Waals surface area contributed by atoms with Crippen molar-refractivity contribution in [1.29, 1.82) is 0 Å². The number of amides is 1. The number of nitrogens with one attached hydrogen (secondary N) is 1. The molecule has 0 spiro atoms. The molecular weight excluding hydrogens is 248 g/mol. The van der Waals surface area contributed by atoms with Gasteiger partial charge in [0.2, 0.25) is 5.91 Å². The van der Waals surface area contributed by atoms with Crippen LogP contribution in [0, 0.1) is 12.8 Å². The van der Waals surface area contributed by atoms with E-state index in [1.165, 1.54) is 24.8 Å². The number of benzene rings is 1. The molecule has 1 aliphatic rings. The molecule has 0 aliphatic heterocycles. The van der Waals surface area contributed by atoms with Crippen molar-refractivity contribution in [3.63, 3.8) is 0 Å². The van der Waals surface area contributed by atoms with Crippen LogP contribution in [-0.4, -0.2) is 11.6 Å². The van der Waals surface area contributed by atoms with Crippen molar-refractivity contribution >= 4 is 11.6 Å². The molecule has 0 atom stereocenters. The van der Waals surface area contributed by atoms with E-state index in [4.69, 9.17) is 0 Å². The summed E-state index contributed by atoms with van der Waals surface area (Å²) < 4.78 is 0. The van der Waals surface area contributed by atoms with Crippen molar-refractivity contribution in [2.24, 2.45) is 11.0 Å². The number of hydrogen-bond acceptors (Lipinski definition) is 2. The van der Waals surface area contributed by atoms with Crippen LogP contribution in [0.2, 0.25) is 0 Å². The molecule has 0 aromatic heterocycles. The quantitative estimate of drug-likeness (QED) is 0.657. The molecule has 0 heterocycles. The van der Waals surface area contributed by atoms with Crippen LogP contribution in [0.4, 0.5) is 0 Å². The van der Waals surface area contributed by atoms with Gasteiger partial charge in [0.05, 0.1) is 5.71 Å². The number of hydrazone groups is 1. The van der Waals surface area contributed by atoms with E-state index in [9.17, 15) is 4.79 Å². The molecular formula is C17H24N2O. The van der Waals surface area contributed by atoms with Crippen molar-refractivity contribution in [2.45, 2.75) is 52.4 Å². The minimum absolute atomic E-state index is 0.0859. The summed E-state index contributed by atoms with van der Waals surface area (Å²) in [5, 5.41) is 4.33. The highest BCUT2D eigenvalue weighted by atomic mass is 16.2. The fraction of sp³-hybridized carbons (Fsp3) is 0.529. The molecule has 3 heteroatoms. The molecule has 0 bridgehead atoms. The van der Waals surface area contributed by atoms with Crippen molar-refractivity contribution in [2.75, 3.05) is 0 Å². The summed E-state index contributed by atoms with van der Waals surface area (Å²) in [5.74, 6) is 0.242. The smallest absolute Gasteiger partial charge is 0.243 e. The lowest BCUT2D eigenvalue weighted by Gasteiger charge is -2.19. The van der Waals surface area contributed by atoms with E-state index in [1.54, 1.807) is 0 Å². The minimum atomic E-state index is 0.0859. The molecule has 1 aromatic rings. The second kappa shape index (κ2) is 7.22. The van der Waals surface area contributed by atoms with Crippen LogP contribution < -0.4 is 5.43 Å². The van der Waals surface area contributed by atoms with Gasteiger partial charge in [-0.25, -0.2) is 5.43 Å². The average molecular weight is 272 g/mol. The minimum Gasteiger partial charge on any atom is -0.273 e. The van der Waals surface area contributed by atoms with Crippen LogP contribution in [0.1, 0.15) is 56.6 Å². The molecule has 3 nitrogen and oxygen atoms in total. The second-order valence-corrected chi connectivity index (χ2v) is 5.59. The number of carbonyl (C=O) groups is 1. The zero-order valence-corrected chi connectivity index (χ0v) is 12.5. The molecule has 20 heavy (non-hydrogen) atoms. The van der Waals surface area contributed by atoms with Crippen molar-refractivity contribution < 1.29 is 4.79 Å². The number of carbonyl (C=O) groups excluding carboxylic acids is 1. The van der Waals surface area contributed by atoms with Crippen molar-refractivity contribution in [3.8, 4) is 0 Å². The van der Waals surface area contributed by atoms with Gasteiger partial charge in [0.1, 0.15) is 0 Å². The number of nitrogens with zero attached hydrogens (tertiary/aromatic N) is 1. The van der Waals surface area contributed by atoms with Gasteiger partial charge in [-0.15, -0.1) is 0 Å². The van der Waals surface area contributed by atoms with Gasteiger partial charge < -0.3 is 0 Å². The number of aryl methyl sites for hydroxylation is 1. The maximum Gasteiger partial charge on any atom is 0.243 e. The summed E-state index contributed by atoms with van der Waals surface area (Å²) >= 11 is 0. The number of hydrogen-bond donors (Lipinski definition) is 1. The van der Waals surface area contributed by atoms with Crippen molar-refractivity contribution in [1.82, 2.24) is 5.43 Å². The highest BCUT2D eigenvalue weighted by molar-refractivity contribution is 6.01. The maximum atomic E-state index is 12.1. The Morgan fingerprint density at radius 3 is 2.45 bits per heavy atom. The first kappa shape index (κ1) is 14.8. The lowest BCUT2D eigenvalue weighted by molar-refractivity contribution is -0.125. The molecule has 1 N–H and O–H groups in total. The summed E-state index contributed by atoms with van der Waals surface area (Å²) in [6.45, 7) is 4.13. The Morgan fingerprint density at radius 1 is 1.20 bits per heavy atom. The van der Waals surface area contributed by atoms with Crippen LogP contribution in [0.25, 0.3) is 0 Å². The average Bonchev–Trinajstić information content (AvgIpc) is 2.50. The van der Waals surface area contributed by atoms with Crippen LogP contribution in [0.15, 0.2) is 29.4 Å². The predicted octanol–water partition coefficient (Wildman–Crippen LogP) is 3.81. The van der Waals surface area contributed by atoms with Crippen LogP contribution in [-0.2, 0) is 4.79 Å². The molecule has 0 saturated heterocycles. The molecule has 1 fully saturated rings. The SMILES string of the molecule is CC/C(=N\NC(=O)C1CCCCC1)c1ccc(C)cc1. The summed E-state index contributed by atoms with van der Waals surface area (Å²) in [6, 6.07) is 8.27. The van der Waals surface area contributed by atoms with E-state index in [-0.39, 0.29) is 11.8 Å². The van der Waals surface area contributed by atoms with Crippen molar-refractivity contribution in [3.05, 3.63) is 35.4 Å². The van der Waals surface area contributed by atoms with Gasteiger partial charge in [0, 0.05) is 5.92 Å². The standard InChI is InChI=1S/C17H24N2O/c1-3-16(14-11-9-13(2)10-12-14)18-19-17(20)15-7-5-4-6-8-15/h9-12,15H,3-8H2,1-2H3,(H,19,20)/b18-16+. The largest absolute Gasteiger partial charge is 0.273 e. The van der Waals surface area contributed by atoms with Gasteiger partial charge in [-0.05, 0) is 31.7 Å². The highest BCUT2D eigenvalue weighted by Crippen LogP contribution is 2.23. The van der Waals surface area contributed by atoms with Gasteiger partial charge in [-0.3, -0.25) is 4.79 Å².